The predicted octanol–water partition coefficient (Wildman–Crippen LogP) is 2.81. The molecule has 0 aliphatic carbocycles. The zero-order valence-corrected chi connectivity index (χ0v) is 15.4. The standard InChI is InChI=1S/C17H22N6.ClH/c1-9-13(18)14(19)15-16(17(9)23(4)5)20-11-7-6-10(22(2)3)8-12(11)21-15;/h6-8H,18-19H2,1-5H3;1H. The fourth-order valence-corrected chi connectivity index (χ4v) is 2.86. The van der Waals surface area contributed by atoms with Crippen LogP contribution in [0.3, 0.4) is 0 Å². The molecule has 3 aromatic rings. The molecule has 3 rings (SSSR count). The lowest BCUT2D eigenvalue weighted by Crippen LogP contribution is -2.14. The van der Waals surface area contributed by atoms with E-state index in [2.05, 4.69) is 0 Å². The lowest BCUT2D eigenvalue weighted by atomic mass is 10.1. The number of hydrogen-bond acceptors (Lipinski definition) is 6. The molecule has 0 amide bonds. The van der Waals surface area contributed by atoms with E-state index in [-0.39, 0.29) is 12.4 Å². The number of halogens is 1. The molecule has 128 valence electrons. The Morgan fingerprint density at radius 2 is 1.46 bits per heavy atom. The molecule has 0 spiro atoms. The Bertz CT molecular complexity index is 920. The van der Waals surface area contributed by atoms with Crippen molar-refractivity contribution in [2.45, 2.75) is 6.92 Å². The van der Waals surface area contributed by atoms with Crippen LogP contribution in [-0.4, -0.2) is 38.2 Å². The van der Waals surface area contributed by atoms with Gasteiger partial charge in [-0.25, -0.2) is 9.97 Å². The number of fused-ring (bicyclic) bond motifs is 2. The topological polar surface area (TPSA) is 84.3 Å². The molecule has 0 atom stereocenters. The Kier molecular flexibility index (Phi) is 4.62. The normalized spacial score (nSPS) is 10.7. The summed E-state index contributed by atoms with van der Waals surface area (Å²) in [6.45, 7) is 1.96. The van der Waals surface area contributed by atoms with E-state index in [1.165, 1.54) is 0 Å². The Morgan fingerprint density at radius 3 is 2.04 bits per heavy atom. The van der Waals surface area contributed by atoms with Crippen LogP contribution in [0.2, 0.25) is 0 Å². The molecule has 0 saturated carbocycles. The summed E-state index contributed by atoms with van der Waals surface area (Å²) in [6, 6.07) is 6.02. The molecule has 1 aromatic heterocycles. The number of rotatable bonds is 2. The number of hydrogen-bond donors (Lipinski definition) is 2. The first-order valence-electron chi connectivity index (χ1n) is 7.45. The third-order valence-electron chi connectivity index (χ3n) is 4.14. The van der Waals surface area contributed by atoms with E-state index in [0.717, 1.165) is 33.5 Å². The van der Waals surface area contributed by atoms with Crippen molar-refractivity contribution in [3.8, 4) is 0 Å². The third-order valence-corrected chi connectivity index (χ3v) is 4.14. The summed E-state index contributed by atoms with van der Waals surface area (Å²) in [6.07, 6.45) is 0. The first-order chi connectivity index (χ1) is 10.8. The monoisotopic (exact) mass is 346 g/mol. The molecule has 0 fully saturated rings. The van der Waals surface area contributed by atoms with Gasteiger partial charge in [0.15, 0.2) is 0 Å². The van der Waals surface area contributed by atoms with E-state index in [1.807, 2.05) is 63.1 Å². The smallest absolute Gasteiger partial charge is 0.117 e. The van der Waals surface area contributed by atoms with Gasteiger partial charge in [-0.15, -0.1) is 12.4 Å². The van der Waals surface area contributed by atoms with Crippen molar-refractivity contribution >= 4 is 57.2 Å². The van der Waals surface area contributed by atoms with Gasteiger partial charge in [0.25, 0.3) is 0 Å². The molecule has 7 heteroatoms. The lowest BCUT2D eigenvalue weighted by molar-refractivity contribution is 1.12. The minimum absolute atomic E-state index is 0. The number of nitrogens with two attached hydrogens (primary N) is 2. The highest BCUT2D eigenvalue weighted by atomic mass is 35.5. The summed E-state index contributed by atoms with van der Waals surface area (Å²) in [5.74, 6) is 0. The maximum absolute atomic E-state index is 6.22. The molecule has 0 bridgehead atoms. The first-order valence-corrected chi connectivity index (χ1v) is 7.45. The van der Waals surface area contributed by atoms with Gasteiger partial charge in [-0.3, -0.25) is 0 Å². The quantitative estimate of drug-likeness (QED) is 0.548. The molecule has 1 heterocycles. The van der Waals surface area contributed by atoms with Crippen LogP contribution in [-0.2, 0) is 0 Å². The van der Waals surface area contributed by atoms with Gasteiger partial charge in [0.05, 0.1) is 28.1 Å². The Labute approximate surface area is 147 Å². The molecule has 0 aliphatic rings. The highest BCUT2D eigenvalue weighted by Crippen LogP contribution is 2.38. The van der Waals surface area contributed by atoms with Crippen LogP contribution < -0.4 is 21.3 Å². The molecular formula is C17H23ClN6. The van der Waals surface area contributed by atoms with E-state index < -0.39 is 0 Å². The van der Waals surface area contributed by atoms with Crippen molar-refractivity contribution in [1.82, 2.24) is 9.97 Å². The van der Waals surface area contributed by atoms with Gasteiger partial charge in [0.2, 0.25) is 0 Å². The fraction of sp³-hybridized carbons (Fsp3) is 0.294. The van der Waals surface area contributed by atoms with Crippen molar-refractivity contribution < 1.29 is 0 Å². The predicted molar refractivity (Wildman–Crippen MR) is 107 cm³/mol. The highest BCUT2D eigenvalue weighted by molar-refractivity contribution is 6.06. The van der Waals surface area contributed by atoms with Crippen molar-refractivity contribution in [2.24, 2.45) is 0 Å². The van der Waals surface area contributed by atoms with Crippen LogP contribution in [0.15, 0.2) is 18.2 Å². The average molecular weight is 347 g/mol. The minimum Gasteiger partial charge on any atom is -0.397 e. The second kappa shape index (κ2) is 6.20. The van der Waals surface area contributed by atoms with Gasteiger partial charge in [0, 0.05) is 33.9 Å². The van der Waals surface area contributed by atoms with Crippen LogP contribution in [0.25, 0.3) is 22.1 Å². The van der Waals surface area contributed by atoms with Gasteiger partial charge < -0.3 is 21.3 Å². The summed E-state index contributed by atoms with van der Waals surface area (Å²) < 4.78 is 0. The van der Waals surface area contributed by atoms with Crippen molar-refractivity contribution in [3.05, 3.63) is 23.8 Å². The maximum atomic E-state index is 6.22. The number of aromatic nitrogens is 2. The van der Waals surface area contributed by atoms with Crippen LogP contribution in [0.4, 0.5) is 22.7 Å². The number of anilines is 4. The largest absolute Gasteiger partial charge is 0.397 e. The first kappa shape index (κ1) is 17.9. The molecule has 0 aliphatic heterocycles. The molecule has 0 saturated heterocycles. The highest BCUT2D eigenvalue weighted by Gasteiger charge is 2.18. The Morgan fingerprint density at radius 1 is 0.833 bits per heavy atom. The van der Waals surface area contributed by atoms with Crippen LogP contribution in [0.5, 0.6) is 0 Å². The fourth-order valence-electron chi connectivity index (χ4n) is 2.86. The Hall–Kier alpha value is -2.47. The lowest BCUT2D eigenvalue weighted by Gasteiger charge is -2.21. The summed E-state index contributed by atoms with van der Waals surface area (Å²) in [4.78, 5) is 13.6. The van der Waals surface area contributed by atoms with Crippen LogP contribution in [0, 0.1) is 6.92 Å². The van der Waals surface area contributed by atoms with Gasteiger partial charge in [-0.05, 0) is 30.7 Å². The van der Waals surface area contributed by atoms with Gasteiger partial charge in [-0.2, -0.15) is 0 Å². The molecule has 0 radical (unpaired) electrons. The number of nitrogens with zero attached hydrogens (tertiary/aromatic N) is 4. The molecular weight excluding hydrogens is 324 g/mol. The van der Waals surface area contributed by atoms with E-state index in [1.54, 1.807) is 0 Å². The molecule has 6 nitrogen and oxygen atoms in total. The van der Waals surface area contributed by atoms with Crippen molar-refractivity contribution in [1.29, 1.82) is 0 Å². The Balaban J connectivity index is 0.00000208. The van der Waals surface area contributed by atoms with Gasteiger partial charge in [-0.1, -0.05) is 0 Å². The van der Waals surface area contributed by atoms with Gasteiger partial charge >= 0.3 is 0 Å². The van der Waals surface area contributed by atoms with Crippen molar-refractivity contribution in [3.63, 3.8) is 0 Å². The van der Waals surface area contributed by atoms with E-state index >= 15 is 0 Å². The summed E-state index contributed by atoms with van der Waals surface area (Å²) in [5.41, 5.74) is 19.5. The maximum Gasteiger partial charge on any atom is 0.117 e. The van der Waals surface area contributed by atoms with E-state index in [9.17, 15) is 0 Å². The zero-order valence-electron chi connectivity index (χ0n) is 14.6. The summed E-state index contributed by atoms with van der Waals surface area (Å²) in [5, 5.41) is 0. The molecule has 2 aromatic carbocycles. The minimum atomic E-state index is 0. The van der Waals surface area contributed by atoms with Crippen molar-refractivity contribution in [2.75, 3.05) is 49.5 Å². The molecule has 4 N–H and O–H groups in total. The average Bonchev–Trinajstić information content (AvgIpc) is 2.50. The van der Waals surface area contributed by atoms with Gasteiger partial charge in [0.1, 0.15) is 11.0 Å². The molecule has 0 unspecified atom stereocenters. The number of nitrogen functional groups attached to an aromatic ring is 2. The third kappa shape index (κ3) is 2.63. The SMILES string of the molecule is Cc1c(N)c(N)c2nc3cc(N(C)C)ccc3nc2c1N(C)C.Cl. The van der Waals surface area contributed by atoms with E-state index in [4.69, 9.17) is 21.4 Å². The summed E-state index contributed by atoms with van der Waals surface area (Å²) in [7, 11) is 7.93. The number of benzene rings is 2. The van der Waals surface area contributed by atoms with Crippen LogP contribution in [0.1, 0.15) is 5.56 Å². The second-order valence-electron chi connectivity index (χ2n) is 6.18. The zero-order chi connectivity index (χ0) is 16.9. The summed E-state index contributed by atoms with van der Waals surface area (Å²) >= 11 is 0. The van der Waals surface area contributed by atoms with Crippen LogP contribution >= 0.6 is 12.4 Å². The second-order valence-corrected chi connectivity index (χ2v) is 6.18. The van der Waals surface area contributed by atoms with E-state index in [0.29, 0.717) is 16.9 Å². The molecule has 24 heavy (non-hydrogen) atoms.